The molecule has 2 heterocycles. The van der Waals surface area contributed by atoms with Crippen LogP contribution in [-0.2, 0) is 6.42 Å². The third-order valence-electron chi connectivity index (χ3n) is 5.19. The molecule has 1 saturated heterocycles. The number of halogens is 1. The summed E-state index contributed by atoms with van der Waals surface area (Å²) in [6.07, 6.45) is 0.772. The highest BCUT2D eigenvalue weighted by Gasteiger charge is 2.28. The topological polar surface area (TPSA) is 41.4 Å². The Bertz CT molecular complexity index is 807. The van der Waals surface area contributed by atoms with E-state index in [9.17, 15) is 4.79 Å². The summed E-state index contributed by atoms with van der Waals surface area (Å²) in [6, 6.07) is 7.64. The zero-order chi connectivity index (χ0) is 19.6. The minimum atomic E-state index is 0.0946. The van der Waals surface area contributed by atoms with Crippen molar-refractivity contribution >= 4 is 17.5 Å². The lowest BCUT2D eigenvalue weighted by molar-refractivity contribution is 0.0641. The highest BCUT2D eigenvalue weighted by molar-refractivity contribution is 6.32. The Morgan fingerprint density at radius 2 is 1.85 bits per heavy atom. The molecular weight excluding hydrogens is 360 g/mol. The molecule has 146 valence electrons. The van der Waals surface area contributed by atoms with Gasteiger partial charge in [0.05, 0.1) is 27.7 Å². The molecule has 0 aliphatic carbocycles. The fraction of sp³-hybridized carbons (Fsp3) is 0.524. The van der Waals surface area contributed by atoms with Crippen LogP contribution in [0.5, 0.6) is 0 Å². The second kappa shape index (κ2) is 8.44. The molecule has 3 rings (SSSR count). The standard InChI is InChI=1S/C21H29ClN4O/c1-5-24-10-12-25(13-11-24)21(27)20-16(4)26(23-18(20)14-15(2)3)19-9-7-6-8-17(19)22/h6-9,15H,5,10-14H2,1-4H3. The summed E-state index contributed by atoms with van der Waals surface area (Å²) in [5.41, 5.74) is 3.29. The highest BCUT2D eigenvalue weighted by Crippen LogP contribution is 2.26. The molecule has 0 spiro atoms. The van der Waals surface area contributed by atoms with E-state index in [1.807, 2.05) is 40.8 Å². The molecule has 0 unspecified atom stereocenters. The molecule has 1 fully saturated rings. The van der Waals surface area contributed by atoms with Gasteiger partial charge in [-0.1, -0.05) is 44.5 Å². The van der Waals surface area contributed by atoms with Crippen LogP contribution in [0.3, 0.4) is 0 Å². The number of benzene rings is 1. The molecule has 1 aliphatic heterocycles. The molecule has 1 amide bonds. The molecule has 0 N–H and O–H groups in total. The lowest BCUT2D eigenvalue weighted by atomic mass is 10.0. The van der Waals surface area contributed by atoms with Crippen LogP contribution in [0.4, 0.5) is 0 Å². The molecule has 0 atom stereocenters. The fourth-order valence-corrected chi connectivity index (χ4v) is 3.87. The molecule has 6 heteroatoms. The number of carbonyl (C=O) groups excluding carboxylic acids is 1. The molecule has 2 aromatic rings. The summed E-state index contributed by atoms with van der Waals surface area (Å²) in [5.74, 6) is 0.514. The van der Waals surface area contributed by atoms with Crippen LogP contribution in [0.1, 0.15) is 42.5 Å². The van der Waals surface area contributed by atoms with Gasteiger partial charge in [-0.15, -0.1) is 0 Å². The van der Waals surface area contributed by atoms with E-state index in [4.69, 9.17) is 16.7 Å². The van der Waals surface area contributed by atoms with E-state index in [0.717, 1.165) is 61.8 Å². The molecular formula is C21H29ClN4O. The number of hydrogen-bond donors (Lipinski definition) is 0. The van der Waals surface area contributed by atoms with Crippen molar-refractivity contribution in [3.63, 3.8) is 0 Å². The maximum absolute atomic E-state index is 13.4. The number of amides is 1. The Morgan fingerprint density at radius 1 is 1.19 bits per heavy atom. The minimum Gasteiger partial charge on any atom is -0.336 e. The van der Waals surface area contributed by atoms with E-state index >= 15 is 0 Å². The van der Waals surface area contributed by atoms with Gasteiger partial charge in [0.2, 0.25) is 0 Å². The van der Waals surface area contributed by atoms with Crippen LogP contribution in [0.2, 0.25) is 5.02 Å². The number of hydrogen-bond acceptors (Lipinski definition) is 3. The fourth-order valence-electron chi connectivity index (χ4n) is 3.65. The van der Waals surface area contributed by atoms with E-state index in [-0.39, 0.29) is 5.91 Å². The predicted octanol–water partition coefficient (Wildman–Crippen LogP) is 3.81. The lowest BCUT2D eigenvalue weighted by Gasteiger charge is -2.34. The maximum atomic E-state index is 13.4. The summed E-state index contributed by atoms with van der Waals surface area (Å²) in [7, 11) is 0. The molecule has 0 saturated carbocycles. The molecule has 1 aromatic heterocycles. The quantitative estimate of drug-likeness (QED) is 0.782. The third-order valence-corrected chi connectivity index (χ3v) is 5.51. The van der Waals surface area contributed by atoms with Crippen molar-refractivity contribution in [2.75, 3.05) is 32.7 Å². The Labute approximate surface area is 166 Å². The van der Waals surface area contributed by atoms with E-state index in [1.54, 1.807) is 0 Å². The van der Waals surface area contributed by atoms with E-state index < -0.39 is 0 Å². The van der Waals surface area contributed by atoms with E-state index in [2.05, 4.69) is 25.7 Å². The third kappa shape index (κ3) is 4.19. The molecule has 0 radical (unpaired) electrons. The first-order valence-corrected chi connectivity index (χ1v) is 10.1. The second-order valence-corrected chi connectivity index (χ2v) is 8.00. The molecule has 5 nitrogen and oxygen atoms in total. The van der Waals surface area contributed by atoms with Gasteiger partial charge >= 0.3 is 0 Å². The number of nitrogens with zero attached hydrogens (tertiary/aromatic N) is 4. The van der Waals surface area contributed by atoms with Crippen LogP contribution in [-0.4, -0.2) is 58.2 Å². The first-order chi connectivity index (χ1) is 12.9. The lowest BCUT2D eigenvalue weighted by Crippen LogP contribution is -2.48. The number of rotatable bonds is 5. The van der Waals surface area contributed by atoms with Crippen LogP contribution in [0, 0.1) is 12.8 Å². The maximum Gasteiger partial charge on any atom is 0.257 e. The predicted molar refractivity (Wildman–Crippen MR) is 110 cm³/mol. The van der Waals surface area contributed by atoms with Crippen LogP contribution >= 0.6 is 11.6 Å². The highest BCUT2D eigenvalue weighted by atomic mass is 35.5. The molecule has 1 aliphatic rings. The molecule has 0 bridgehead atoms. The van der Waals surface area contributed by atoms with Crippen LogP contribution in [0.25, 0.3) is 5.69 Å². The van der Waals surface area contributed by atoms with Crippen molar-refractivity contribution < 1.29 is 4.79 Å². The van der Waals surface area contributed by atoms with Crippen molar-refractivity contribution in [3.8, 4) is 5.69 Å². The summed E-state index contributed by atoms with van der Waals surface area (Å²) in [6.45, 7) is 12.9. The number of likely N-dealkylation sites (N-methyl/N-ethyl adjacent to an activating group) is 1. The van der Waals surface area contributed by atoms with Gasteiger partial charge in [0.15, 0.2) is 0 Å². The zero-order valence-electron chi connectivity index (χ0n) is 16.7. The largest absolute Gasteiger partial charge is 0.336 e. The second-order valence-electron chi connectivity index (χ2n) is 7.59. The Hall–Kier alpha value is -1.85. The van der Waals surface area contributed by atoms with Crippen molar-refractivity contribution in [3.05, 3.63) is 46.2 Å². The summed E-state index contributed by atoms with van der Waals surface area (Å²) in [5, 5.41) is 5.44. The first-order valence-electron chi connectivity index (χ1n) is 9.77. The Balaban J connectivity index is 1.98. The summed E-state index contributed by atoms with van der Waals surface area (Å²) < 4.78 is 1.83. The van der Waals surface area contributed by atoms with Crippen LogP contribution in [0.15, 0.2) is 24.3 Å². The number of aromatic nitrogens is 2. The SMILES string of the molecule is CCN1CCN(C(=O)c2c(CC(C)C)nn(-c3ccccc3Cl)c2C)CC1. The van der Waals surface area contributed by atoms with Crippen molar-refractivity contribution in [1.29, 1.82) is 0 Å². The Kier molecular flexibility index (Phi) is 6.22. The molecule has 1 aromatic carbocycles. The van der Waals surface area contributed by atoms with Gasteiger partial charge in [-0.2, -0.15) is 5.10 Å². The number of carbonyl (C=O) groups is 1. The average molecular weight is 389 g/mol. The number of para-hydroxylation sites is 1. The van der Waals surface area contributed by atoms with Crippen molar-refractivity contribution in [1.82, 2.24) is 19.6 Å². The van der Waals surface area contributed by atoms with Gasteiger partial charge in [0.1, 0.15) is 0 Å². The smallest absolute Gasteiger partial charge is 0.257 e. The molecule has 27 heavy (non-hydrogen) atoms. The van der Waals surface area contributed by atoms with Gasteiger partial charge < -0.3 is 9.80 Å². The van der Waals surface area contributed by atoms with E-state index in [0.29, 0.717) is 10.9 Å². The van der Waals surface area contributed by atoms with E-state index in [1.165, 1.54) is 0 Å². The Morgan fingerprint density at radius 3 is 2.44 bits per heavy atom. The van der Waals surface area contributed by atoms with Crippen LogP contribution < -0.4 is 0 Å². The first kappa shape index (κ1) is 19.9. The zero-order valence-corrected chi connectivity index (χ0v) is 17.5. The van der Waals surface area contributed by atoms with Gasteiger partial charge in [0, 0.05) is 26.2 Å². The number of piperazine rings is 1. The normalized spacial score (nSPS) is 15.6. The van der Waals surface area contributed by atoms with Crippen molar-refractivity contribution in [2.24, 2.45) is 5.92 Å². The minimum absolute atomic E-state index is 0.0946. The summed E-state index contributed by atoms with van der Waals surface area (Å²) in [4.78, 5) is 17.7. The summed E-state index contributed by atoms with van der Waals surface area (Å²) >= 11 is 6.40. The monoisotopic (exact) mass is 388 g/mol. The van der Waals surface area contributed by atoms with Gasteiger partial charge in [-0.25, -0.2) is 4.68 Å². The van der Waals surface area contributed by atoms with Crippen molar-refractivity contribution in [2.45, 2.75) is 34.1 Å². The van der Waals surface area contributed by atoms with Gasteiger partial charge in [-0.3, -0.25) is 4.79 Å². The van der Waals surface area contributed by atoms with Gasteiger partial charge in [0.25, 0.3) is 5.91 Å². The average Bonchev–Trinajstić information content (AvgIpc) is 2.96. The van der Waals surface area contributed by atoms with Gasteiger partial charge in [-0.05, 0) is 37.9 Å².